The fourth-order valence-corrected chi connectivity index (χ4v) is 1.85. The number of aliphatic imine (C=N–C) groups is 1. The lowest BCUT2D eigenvalue weighted by atomic mass is 10.1. The van der Waals surface area contributed by atoms with E-state index < -0.39 is 33.2 Å². The first-order valence-corrected chi connectivity index (χ1v) is 7.11. The molecule has 12 heteroatoms. The molecule has 1 aromatic carbocycles. The fourth-order valence-electron chi connectivity index (χ4n) is 1.85. The summed E-state index contributed by atoms with van der Waals surface area (Å²) in [5, 5.41) is 21.6. The molecule has 0 aliphatic carbocycles. The van der Waals surface area contributed by atoms with E-state index in [4.69, 9.17) is 21.9 Å². The zero-order chi connectivity index (χ0) is 19.0. The Morgan fingerprint density at radius 3 is 2.20 bits per heavy atom. The van der Waals surface area contributed by atoms with Crippen LogP contribution in [0.5, 0.6) is 0 Å². The van der Waals surface area contributed by atoms with Gasteiger partial charge >= 0.3 is 5.97 Å². The molecule has 0 aliphatic heterocycles. The van der Waals surface area contributed by atoms with E-state index in [1.54, 1.807) is 0 Å². The molecule has 0 radical (unpaired) electrons. The largest absolute Gasteiger partial charge is 0.460 e. The van der Waals surface area contributed by atoms with Crippen molar-refractivity contribution in [2.24, 2.45) is 22.2 Å². The van der Waals surface area contributed by atoms with Gasteiger partial charge in [0.25, 0.3) is 11.4 Å². The smallest absolute Gasteiger partial charge is 0.323 e. The Hall–Kier alpha value is -3.28. The van der Waals surface area contributed by atoms with Crippen molar-refractivity contribution in [2.45, 2.75) is 25.5 Å². The van der Waals surface area contributed by atoms with Crippen LogP contribution in [0.25, 0.3) is 0 Å². The molecular weight excluding hydrogens is 336 g/mol. The number of ether oxygens (including phenoxy) is 1. The molecule has 136 valence electrons. The van der Waals surface area contributed by atoms with Crippen LogP contribution in [-0.2, 0) is 16.1 Å². The summed E-state index contributed by atoms with van der Waals surface area (Å²) < 4.78 is 4.94. The molecule has 1 aromatic rings. The fraction of sp³-hybridized carbons (Fsp3) is 0.385. The molecule has 0 spiro atoms. The van der Waals surface area contributed by atoms with Crippen molar-refractivity contribution >= 4 is 23.3 Å². The van der Waals surface area contributed by atoms with Gasteiger partial charge < -0.3 is 21.9 Å². The van der Waals surface area contributed by atoms with Gasteiger partial charge in [0.2, 0.25) is 0 Å². The molecule has 0 heterocycles. The molecule has 0 aromatic heterocycles. The lowest BCUT2D eigenvalue weighted by molar-refractivity contribution is -0.394. The third kappa shape index (κ3) is 6.78. The van der Waals surface area contributed by atoms with E-state index in [2.05, 4.69) is 4.99 Å². The molecule has 6 N–H and O–H groups in total. The van der Waals surface area contributed by atoms with Gasteiger partial charge in [0.1, 0.15) is 12.6 Å². The van der Waals surface area contributed by atoms with Crippen molar-refractivity contribution in [3.05, 3.63) is 44.0 Å². The second-order valence-corrected chi connectivity index (χ2v) is 5.03. The Balaban J connectivity index is 2.64. The number of nitro benzene ring substituents is 2. The molecule has 0 bridgehead atoms. The van der Waals surface area contributed by atoms with Crippen LogP contribution in [0, 0.1) is 20.2 Å². The van der Waals surface area contributed by atoms with E-state index >= 15 is 0 Å². The van der Waals surface area contributed by atoms with Gasteiger partial charge in [0.15, 0.2) is 5.96 Å². The number of nitro groups is 2. The number of hydrogen-bond acceptors (Lipinski definition) is 8. The van der Waals surface area contributed by atoms with Crippen molar-refractivity contribution in [1.82, 2.24) is 0 Å². The van der Waals surface area contributed by atoms with Crippen LogP contribution in [0.1, 0.15) is 18.4 Å². The standard InChI is InChI=1S/C13H18N6O6/c14-11(2-1-3-17-13(15)16)12(20)25-7-8-4-9(18(21)22)6-10(5-8)19(23)24/h4-6,11H,1-3,7,14H2,(H4,15,16,17)/t11-/m0/s1. The van der Waals surface area contributed by atoms with Gasteiger partial charge in [-0.1, -0.05) is 0 Å². The molecule has 0 unspecified atom stereocenters. The maximum absolute atomic E-state index is 11.8. The topological polar surface area (TPSA) is 203 Å². The molecule has 12 nitrogen and oxygen atoms in total. The van der Waals surface area contributed by atoms with Crippen LogP contribution in [0.4, 0.5) is 11.4 Å². The highest BCUT2D eigenvalue weighted by Crippen LogP contribution is 2.23. The minimum absolute atomic E-state index is 0.0663. The van der Waals surface area contributed by atoms with Crippen LogP contribution in [0.2, 0.25) is 0 Å². The number of carbonyl (C=O) groups is 1. The molecule has 1 rings (SSSR count). The maximum Gasteiger partial charge on any atom is 0.323 e. The average molecular weight is 354 g/mol. The number of nitrogens with zero attached hydrogens (tertiary/aromatic N) is 3. The Morgan fingerprint density at radius 1 is 1.16 bits per heavy atom. The summed E-state index contributed by atoms with van der Waals surface area (Å²) in [6.07, 6.45) is 0.723. The number of hydrogen-bond donors (Lipinski definition) is 3. The zero-order valence-electron chi connectivity index (χ0n) is 13.2. The number of benzene rings is 1. The van der Waals surface area contributed by atoms with E-state index in [1.165, 1.54) is 0 Å². The van der Waals surface area contributed by atoms with Gasteiger partial charge in [-0.05, 0) is 12.8 Å². The van der Waals surface area contributed by atoms with Crippen LogP contribution in [0.15, 0.2) is 23.2 Å². The van der Waals surface area contributed by atoms with Crippen molar-refractivity contribution in [2.75, 3.05) is 6.54 Å². The van der Waals surface area contributed by atoms with Gasteiger partial charge in [0, 0.05) is 24.2 Å². The maximum atomic E-state index is 11.8. The van der Waals surface area contributed by atoms with Crippen LogP contribution in [0.3, 0.4) is 0 Å². The first-order chi connectivity index (χ1) is 11.7. The minimum atomic E-state index is -0.928. The summed E-state index contributed by atoms with van der Waals surface area (Å²) in [4.78, 5) is 35.6. The minimum Gasteiger partial charge on any atom is -0.460 e. The zero-order valence-corrected chi connectivity index (χ0v) is 13.2. The third-order valence-electron chi connectivity index (χ3n) is 3.04. The van der Waals surface area contributed by atoms with Gasteiger partial charge in [-0.25, -0.2) is 0 Å². The number of non-ortho nitro benzene ring substituents is 2. The molecule has 0 fully saturated rings. The predicted octanol–water partition coefficient (Wildman–Crippen LogP) is -0.0729. The van der Waals surface area contributed by atoms with E-state index in [9.17, 15) is 25.0 Å². The van der Waals surface area contributed by atoms with Crippen LogP contribution >= 0.6 is 0 Å². The highest BCUT2D eigenvalue weighted by molar-refractivity contribution is 5.76. The lowest BCUT2D eigenvalue weighted by Crippen LogP contribution is -2.32. The number of carbonyl (C=O) groups excluding carboxylic acids is 1. The second kappa shape index (κ2) is 9.12. The molecular formula is C13H18N6O6. The quantitative estimate of drug-likeness (QED) is 0.135. The second-order valence-electron chi connectivity index (χ2n) is 5.03. The molecule has 25 heavy (non-hydrogen) atoms. The summed E-state index contributed by atoms with van der Waals surface area (Å²) in [7, 11) is 0. The first-order valence-electron chi connectivity index (χ1n) is 7.11. The Bertz CT molecular complexity index is 655. The molecule has 0 amide bonds. The van der Waals surface area contributed by atoms with Crippen molar-refractivity contribution in [3.8, 4) is 0 Å². The van der Waals surface area contributed by atoms with Gasteiger partial charge in [0.05, 0.1) is 15.9 Å². The van der Waals surface area contributed by atoms with Gasteiger partial charge in [-0.2, -0.15) is 0 Å². The van der Waals surface area contributed by atoms with Crippen molar-refractivity contribution in [3.63, 3.8) is 0 Å². The summed E-state index contributed by atoms with van der Waals surface area (Å²) >= 11 is 0. The van der Waals surface area contributed by atoms with E-state index in [-0.39, 0.29) is 24.6 Å². The summed E-state index contributed by atoms with van der Waals surface area (Å²) in [6.45, 7) is -0.0661. The first kappa shape index (κ1) is 19.8. The van der Waals surface area contributed by atoms with E-state index in [0.29, 0.717) is 13.0 Å². The molecule has 0 saturated heterocycles. The molecule has 1 atom stereocenters. The highest BCUT2D eigenvalue weighted by Gasteiger charge is 2.19. The number of rotatable bonds is 9. The van der Waals surface area contributed by atoms with Crippen molar-refractivity contribution < 1.29 is 19.4 Å². The van der Waals surface area contributed by atoms with E-state index in [1.807, 2.05) is 0 Å². The Kier molecular flexibility index (Phi) is 7.21. The number of nitrogens with two attached hydrogens (primary N) is 3. The number of esters is 1. The summed E-state index contributed by atoms with van der Waals surface area (Å²) in [5.74, 6) is -0.803. The van der Waals surface area contributed by atoms with Crippen LogP contribution < -0.4 is 17.2 Å². The predicted molar refractivity (Wildman–Crippen MR) is 87.4 cm³/mol. The molecule has 0 aliphatic rings. The Morgan fingerprint density at radius 2 is 1.72 bits per heavy atom. The SMILES string of the molecule is NC(N)=NCCC[C@H](N)C(=O)OCc1cc([N+](=O)[O-])cc([N+](=O)[O-])c1. The summed E-state index contributed by atoms with van der Waals surface area (Å²) in [5.41, 5.74) is 15.1. The summed E-state index contributed by atoms with van der Waals surface area (Å²) in [6, 6.07) is 2.07. The third-order valence-corrected chi connectivity index (χ3v) is 3.04. The molecule has 0 saturated carbocycles. The normalized spacial score (nSPS) is 11.4. The monoisotopic (exact) mass is 354 g/mol. The van der Waals surface area contributed by atoms with Gasteiger partial charge in [-0.15, -0.1) is 0 Å². The highest BCUT2D eigenvalue weighted by atomic mass is 16.6. The van der Waals surface area contributed by atoms with E-state index in [0.717, 1.165) is 18.2 Å². The lowest BCUT2D eigenvalue weighted by Gasteiger charge is -2.11. The van der Waals surface area contributed by atoms with Crippen LogP contribution in [-0.4, -0.2) is 34.4 Å². The van der Waals surface area contributed by atoms with Gasteiger partial charge in [-0.3, -0.25) is 30.0 Å². The number of guanidine groups is 1. The average Bonchev–Trinajstić information content (AvgIpc) is 2.55. The Labute approximate surface area is 141 Å². The van der Waals surface area contributed by atoms with Crippen molar-refractivity contribution in [1.29, 1.82) is 0 Å².